The van der Waals surface area contributed by atoms with E-state index in [2.05, 4.69) is 17.3 Å². The van der Waals surface area contributed by atoms with Crippen molar-refractivity contribution in [2.24, 2.45) is 11.1 Å². The van der Waals surface area contributed by atoms with E-state index in [0.29, 0.717) is 25.6 Å². The fraction of sp³-hybridized carbons (Fsp3) is 0.333. The van der Waals surface area contributed by atoms with Crippen molar-refractivity contribution in [3.8, 4) is 0 Å². The summed E-state index contributed by atoms with van der Waals surface area (Å²) in [6.07, 6.45) is 1.32. The van der Waals surface area contributed by atoms with E-state index in [-0.39, 0.29) is 12.0 Å². The molecule has 0 radical (unpaired) electrons. The van der Waals surface area contributed by atoms with E-state index in [4.69, 9.17) is 9.57 Å². The van der Waals surface area contributed by atoms with Gasteiger partial charge in [-0.3, -0.25) is 4.90 Å². The van der Waals surface area contributed by atoms with Crippen molar-refractivity contribution >= 4 is 11.9 Å². The lowest BCUT2D eigenvalue weighted by Gasteiger charge is -2.18. The van der Waals surface area contributed by atoms with Crippen molar-refractivity contribution in [2.45, 2.75) is 26.4 Å². The average molecular weight is 352 g/mol. The van der Waals surface area contributed by atoms with Crippen LogP contribution in [0.3, 0.4) is 0 Å². The number of carbonyl (C=O) groups is 1. The van der Waals surface area contributed by atoms with Gasteiger partial charge in [-0.25, -0.2) is 4.79 Å². The molecule has 2 aromatic rings. The molecule has 0 aromatic heterocycles. The molecule has 26 heavy (non-hydrogen) atoms. The van der Waals surface area contributed by atoms with E-state index >= 15 is 0 Å². The van der Waals surface area contributed by atoms with Crippen LogP contribution in [0.2, 0.25) is 0 Å². The molecule has 1 heterocycles. The molecule has 5 nitrogen and oxygen atoms in total. The van der Waals surface area contributed by atoms with Gasteiger partial charge in [0.2, 0.25) is 0 Å². The molecule has 1 aliphatic heterocycles. The van der Waals surface area contributed by atoms with Crippen molar-refractivity contribution in [2.75, 3.05) is 13.2 Å². The molecule has 0 bridgehead atoms. The highest BCUT2D eigenvalue weighted by Gasteiger charge is 2.35. The fourth-order valence-electron chi connectivity index (χ4n) is 3.10. The summed E-state index contributed by atoms with van der Waals surface area (Å²) in [7, 11) is 0. The number of hydrogen-bond acceptors (Lipinski definition) is 4. The number of carbonyl (C=O) groups excluding carboxylic acids is 1. The third-order valence-corrected chi connectivity index (χ3v) is 4.39. The molecule has 1 amide bonds. The number of nitrogens with zero attached hydrogens (tertiary/aromatic N) is 2. The first-order valence-electron chi connectivity index (χ1n) is 9.00. The molecule has 1 atom stereocenters. The van der Waals surface area contributed by atoms with E-state index in [1.165, 1.54) is 5.56 Å². The van der Waals surface area contributed by atoms with Crippen LogP contribution < -0.4 is 0 Å². The number of ether oxygens (including phenoxy) is 1. The summed E-state index contributed by atoms with van der Waals surface area (Å²) in [4.78, 5) is 19.4. The van der Waals surface area contributed by atoms with Crippen LogP contribution in [0.25, 0.3) is 0 Å². The minimum absolute atomic E-state index is 0.137. The SMILES string of the molecule is CCOC(=O)N1CCC(Cc2ccccc2)C1=NOCc1ccccc1. The Labute approximate surface area is 154 Å². The second kappa shape index (κ2) is 9.04. The standard InChI is InChI=1S/C21H24N2O3/c1-2-25-21(24)23-14-13-19(15-17-9-5-3-6-10-17)20(23)22-26-16-18-11-7-4-8-12-18/h3-12,19H,2,13-16H2,1H3. The first-order valence-corrected chi connectivity index (χ1v) is 9.00. The Hall–Kier alpha value is -2.82. The second-order valence-electron chi connectivity index (χ2n) is 6.23. The van der Waals surface area contributed by atoms with E-state index in [0.717, 1.165) is 18.4 Å². The Balaban J connectivity index is 1.72. The Morgan fingerprint density at radius 1 is 1.08 bits per heavy atom. The minimum Gasteiger partial charge on any atom is -0.449 e. The van der Waals surface area contributed by atoms with Crippen molar-refractivity contribution in [3.63, 3.8) is 0 Å². The molecule has 3 rings (SSSR count). The van der Waals surface area contributed by atoms with Crippen molar-refractivity contribution < 1.29 is 14.4 Å². The lowest BCUT2D eigenvalue weighted by Crippen LogP contribution is -2.35. The van der Waals surface area contributed by atoms with Gasteiger partial charge in [-0.2, -0.15) is 0 Å². The van der Waals surface area contributed by atoms with Crippen LogP contribution in [-0.2, 0) is 22.6 Å². The van der Waals surface area contributed by atoms with Gasteiger partial charge >= 0.3 is 6.09 Å². The van der Waals surface area contributed by atoms with Gasteiger partial charge in [0.05, 0.1) is 6.61 Å². The van der Waals surface area contributed by atoms with Crippen LogP contribution in [0.5, 0.6) is 0 Å². The topological polar surface area (TPSA) is 51.1 Å². The molecule has 0 saturated carbocycles. The summed E-state index contributed by atoms with van der Waals surface area (Å²) in [6.45, 7) is 3.12. The number of amidine groups is 1. The maximum atomic E-state index is 12.3. The molecule has 136 valence electrons. The molecule has 0 spiro atoms. The number of hydrogen-bond donors (Lipinski definition) is 0. The van der Waals surface area contributed by atoms with Crippen LogP contribution in [0, 0.1) is 5.92 Å². The molecule has 1 saturated heterocycles. The minimum atomic E-state index is -0.356. The molecule has 0 aliphatic carbocycles. The van der Waals surface area contributed by atoms with E-state index < -0.39 is 0 Å². The van der Waals surface area contributed by atoms with Gasteiger partial charge in [0.25, 0.3) is 0 Å². The third-order valence-electron chi connectivity index (χ3n) is 4.39. The zero-order valence-electron chi connectivity index (χ0n) is 15.0. The smallest absolute Gasteiger partial charge is 0.415 e. The highest BCUT2D eigenvalue weighted by Crippen LogP contribution is 2.25. The number of likely N-dealkylation sites (tertiary alicyclic amines) is 1. The fourth-order valence-corrected chi connectivity index (χ4v) is 3.10. The zero-order chi connectivity index (χ0) is 18.2. The molecule has 1 aliphatic rings. The lowest BCUT2D eigenvalue weighted by molar-refractivity contribution is 0.115. The average Bonchev–Trinajstić information content (AvgIpc) is 3.06. The molecule has 0 N–H and O–H groups in total. The summed E-state index contributed by atoms with van der Waals surface area (Å²) in [5, 5.41) is 4.32. The number of benzene rings is 2. The van der Waals surface area contributed by atoms with E-state index in [9.17, 15) is 4.79 Å². The second-order valence-corrected chi connectivity index (χ2v) is 6.23. The number of amides is 1. The lowest BCUT2D eigenvalue weighted by atomic mass is 9.98. The van der Waals surface area contributed by atoms with Gasteiger partial charge in [0.1, 0.15) is 6.61 Å². The largest absolute Gasteiger partial charge is 0.449 e. The summed E-state index contributed by atoms with van der Waals surface area (Å²) in [5.74, 6) is 0.792. The van der Waals surface area contributed by atoms with E-state index in [1.807, 2.05) is 48.5 Å². The van der Waals surface area contributed by atoms with Crippen molar-refractivity contribution in [1.29, 1.82) is 0 Å². The van der Waals surface area contributed by atoms with Gasteiger partial charge < -0.3 is 9.57 Å². The number of oxime groups is 1. The van der Waals surface area contributed by atoms with Gasteiger partial charge in [-0.1, -0.05) is 65.8 Å². The maximum Gasteiger partial charge on any atom is 0.415 e. The molecule has 1 unspecified atom stereocenters. The molecule has 1 fully saturated rings. The monoisotopic (exact) mass is 352 g/mol. The Morgan fingerprint density at radius 3 is 2.38 bits per heavy atom. The molecular weight excluding hydrogens is 328 g/mol. The number of rotatable bonds is 6. The quantitative estimate of drug-likeness (QED) is 0.731. The highest BCUT2D eigenvalue weighted by atomic mass is 16.6. The first kappa shape index (κ1) is 18.0. The summed E-state index contributed by atoms with van der Waals surface area (Å²) >= 11 is 0. The van der Waals surface area contributed by atoms with Crippen LogP contribution in [-0.4, -0.2) is 30.0 Å². The van der Waals surface area contributed by atoms with Gasteiger partial charge in [-0.15, -0.1) is 0 Å². The van der Waals surface area contributed by atoms with Crippen LogP contribution >= 0.6 is 0 Å². The zero-order valence-corrected chi connectivity index (χ0v) is 15.0. The normalized spacial score (nSPS) is 18.1. The molecular formula is C21H24N2O3. The van der Waals surface area contributed by atoms with Crippen molar-refractivity contribution in [1.82, 2.24) is 4.90 Å². The van der Waals surface area contributed by atoms with Crippen LogP contribution in [0.1, 0.15) is 24.5 Å². The first-order chi connectivity index (χ1) is 12.8. The highest BCUT2D eigenvalue weighted by molar-refractivity contribution is 5.98. The third kappa shape index (κ3) is 4.63. The van der Waals surface area contributed by atoms with Crippen molar-refractivity contribution in [3.05, 3.63) is 71.8 Å². The molecule has 5 heteroatoms. The van der Waals surface area contributed by atoms with E-state index in [1.54, 1.807) is 11.8 Å². The van der Waals surface area contributed by atoms with Crippen LogP contribution in [0.4, 0.5) is 4.79 Å². The summed E-state index contributed by atoms with van der Waals surface area (Å²) < 4.78 is 5.17. The van der Waals surface area contributed by atoms with Gasteiger partial charge in [0.15, 0.2) is 5.84 Å². The molecule has 2 aromatic carbocycles. The summed E-state index contributed by atoms with van der Waals surface area (Å²) in [5.41, 5.74) is 2.26. The van der Waals surface area contributed by atoms with Gasteiger partial charge in [-0.05, 0) is 30.9 Å². The predicted molar refractivity (Wildman–Crippen MR) is 101 cm³/mol. The Bertz CT molecular complexity index is 731. The Morgan fingerprint density at radius 2 is 1.73 bits per heavy atom. The maximum absolute atomic E-state index is 12.3. The summed E-state index contributed by atoms with van der Waals surface area (Å²) in [6, 6.07) is 20.1. The predicted octanol–water partition coefficient (Wildman–Crippen LogP) is 4.24. The Kier molecular flexibility index (Phi) is 6.25. The van der Waals surface area contributed by atoms with Gasteiger partial charge in [0, 0.05) is 12.5 Å². The van der Waals surface area contributed by atoms with Crippen LogP contribution in [0.15, 0.2) is 65.8 Å².